The van der Waals surface area contributed by atoms with Gasteiger partial charge in [0, 0.05) is 6.54 Å². The molecule has 0 spiro atoms. The van der Waals surface area contributed by atoms with Crippen LogP contribution in [-0.2, 0) is 5.41 Å². The minimum atomic E-state index is 0.160. The molecule has 22 heavy (non-hydrogen) atoms. The van der Waals surface area contributed by atoms with Crippen LogP contribution in [0.25, 0.3) is 0 Å². The average molecular weight is 304 g/mol. The first-order valence-electron chi connectivity index (χ1n) is 8.59. The highest BCUT2D eigenvalue weighted by Gasteiger charge is 2.28. The molecular weight excluding hydrogens is 272 g/mol. The molecule has 0 aliphatic carbocycles. The summed E-state index contributed by atoms with van der Waals surface area (Å²) in [4.78, 5) is 2.49. The van der Waals surface area contributed by atoms with Crippen molar-refractivity contribution in [3.63, 3.8) is 0 Å². The number of rotatable bonds is 5. The molecule has 3 heteroatoms. The fourth-order valence-corrected chi connectivity index (χ4v) is 2.85. The van der Waals surface area contributed by atoms with Gasteiger partial charge in [-0.2, -0.15) is 0 Å². The smallest absolute Gasteiger partial charge is 0.143 e. The zero-order valence-corrected chi connectivity index (χ0v) is 14.9. The van der Waals surface area contributed by atoms with Crippen molar-refractivity contribution < 1.29 is 4.74 Å². The molecule has 0 saturated heterocycles. The van der Waals surface area contributed by atoms with Crippen LogP contribution in [-0.4, -0.2) is 25.7 Å². The molecule has 1 heterocycles. The number of unbranched alkanes of at least 4 members (excludes halogenated alkanes) is 1. The van der Waals surface area contributed by atoms with E-state index >= 15 is 0 Å². The molecule has 1 aliphatic heterocycles. The van der Waals surface area contributed by atoms with Crippen molar-refractivity contribution in [1.82, 2.24) is 0 Å². The molecule has 1 atom stereocenters. The average Bonchev–Trinajstić information content (AvgIpc) is 2.45. The van der Waals surface area contributed by atoms with Gasteiger partial charge in [-0.15, -0.1) is 0 Å². The first kappa shape index (κ1) is 17.1. The quantitative estimate of drug-likeness (QED) is 0.837. The van der Waals surface area contributed by atoms with Crippen LogP contribution in [0.15, 0.2) is 18.2 Å². The summed E-state index contributed by atoms with van der Waals surface area (Å²) in [7, 11) is 0. The fourth-order valence-electron chi connectivity index (χ4n) is 2.85. The van der Waals surface area contributed by atoms with E-state index in [2.05, 4.69) is 57.7 Å². The fraction of sp³-hybridized carbons (Fsp3) is 0.684. The third kappa shape index (κ3) is 3.95. The van der Waals surface area contributed by atoms with E-state index in [0.717, 1.165) is 38.2 Å². The van der Waals surface area contributed by atoms with Crippen LogP contribution in [0.2, 0.25) is 0 Å². The van der Waals surface area contributed by atoms with Crippen LogP contribution in [0, 0.1) is 5.92 Å². The van der Waals surface area contributed by atoms with Crippen LogP contribution in [0.3, 0.4) is 0 Å². The van der Waals surface area contributed by atoms with Crippen molar-refractivity contribution >= 4 is 5.69 Å². The van der Waals surface area contributed by atoms with Gasteiger partial charge in [-0.1, -0.05) is 40.7 Å². The number of fused-ring (bicyclic) bond motifs is 1. The standard InChI is InChI=1S/C19H32N2O/c1-14(2)18-13-21(11-7-6-10-20)16-12-15(19(3,4)5)8-9-17(16)22-18/h8-9,12,14,18H,6-7,10-11,13,20H2,1-5H3. The summed E-state index contributed by atoms with van der Waals surface area (Å²) in [6.07, 6.45) is 2.49. The Balaban J connectivity index is 2.29. The van der Waals surface area contributed by atoms with Crippen LogP contribution in [0.5, 0.6) is 5.75 Å². The Morgan fingerprint density at radius 1 is 1.27 bits per heavy atom. The maximum Gasteiger partial charge on any atom is 0.143 e. The monoisotopic (exact) mass is 304 g/mol. The van der Waals surface area contributed by atoms with Gasteiger partial charge >= 0.3 is 0 Å². The maximum atomic E-state index is 6.23. The highest BCUT2D eigenvalue weighted by atomic mass is 16.5. The number of nitrogens with zero attached hydrogens (tertiary/aromatic N) is 1. The zero-order valence-electron chi connectivity index (χ0n) is 14.9. The second-order valence-corrected chi connectivity index (χ2v) is 7.77. The van der Waals surface area contributed by atoms with Gasteiger partial charge in [-0.05, 0) is 48.4 Å². The summed E-state index contributed by atoms with van der Waals surface area (Å²) in [5, 5.41) is 0. The number of benzene rings is 1. The Morgan fingerprint density at radius 2 is 2.00 bits per heavy atom. The van der Waals surface area contributed by atoms with E-state index in [-0.39, 0.29) is 11.5 Å². The van der Waals surface area contributed by atoms with E-state index in [1.807, 2.05) is 0 Å². The van der Waals surface area contributed by atoms with Crippen molar-refractivity contribution in [2.24, 2.45) is 11.7 Å². The number of anilines is 1. The van der Waals surface area contributed by atoms with Gasteiger partial charge < -0.3 is 15.4 Å². The predicted molar refractivity (Wildman–Crippen MR) is 94.9 cm³/mol. The first-order chi connectivity index (χ1) is 10.3. The Morgan fingerprint density at radius 3 is 2.59 bits per heavy atom. The molecule has 3 nitrogen and oxygen atoms in total. The van der Waals surface area contributed by atoms with Gasteiger partial charge in [0.25, 0.3) is 0 Å². The summed E-state index contributed by atoms with van der Waals surface area (Å²) in [6, 6.07) is 6.67. The Hall–Kier alpha value is -1.22. The topological polar surface area (TPSA) is 38.5 Å². The SMILES string of the molecule is CC(C)C1CN(CCCCN)c2cc(C(C)(C)C)ccc2O1. The van der Waals surface area contributed by atoms with E-state index in [9.17, 15) is 0 Å². The van der Waals surface area contributed by atoms with Crippen LogP contribution in [0.4, 0.5) is 5.69 Å². The highest BCUT2D eigenvalue weighted by Crippen LogP contribution is 2.38. The highest BCUT2D eigenvalue weighted by molar-refractivity contribution is 5.62. The summed E-state index contributed by atoms with van der Waals surface area (Å²) in [5.41, 5.74) is 8.43. The van der Waals surface area contributed by atoms with Crippen molar-refractivity contribution in [2.45, 2.75) is 59.0 Å². The van der Waals surface area contributed by atoms with Gasteiger partial charge in [0.05, 0.1) is 12.2 Å². The molecule has 2 N–H and O–H groups in total. The lowest BCUT2D eigenvalue weighted by molar-refractivity contribution is 0.145. The molecule has 0 amide bonds. The molecular formula is C19H32N2O. The van der Waals surface area contributed by atoms with Gasteiger partial charge in [-0.3, -0.25) is 0 Å². The molecule has 124 valence electrons. The molecule has 1 aromatic rings. The number of hydrogen-bond acceptors (Lipinski definition) is 3. The maximum absolute atomic E-state index is 6.23. The molecule has 0 fully saturated rings. The summed E-state index contributed by atoms with van der Waals surface area (Å²) in [6.45, 7) is 14.0. The van der Waals surface area contributed by atoms with Crippen LogP contribution >= 0.6 is 0 Å². The third-order valence-electron chi connectivity index (χ3n) is 4.47. The van der Waals surface area contributed by atoms with E-state index in [0.29, 0.717) is 5.92 Å². The van der Waals surface area contributed by atoms with Crippen molar-refractivity contribution in [3.8, 4) is 5.75 Å². The Kier molecular flexibility index (Phi) is 5.38. The largest absolute Gasteiger partial charge is 0.486 e. The Bertz CT molecular complexity index is 491. The summed E-state index contributed by atoms with van der Waals surface area (Å²) in [5.74, 6) is 1.55. The van der Waals surface area contributed by atoms with Gasteiger partial charge in [0.1, 0.15) is 11.9 Å². The molecule has 2 rings (SSSR count). The summed E-state index contributed by atoms with van der Waals surface area (Å²) >= 11 is 0. The zero-order chi connectivity index (χ0) is 16.3. The number of nitrogens with two attached hydrogens (primary N) is 1. The van der Waals surface area contributed by atoms with E-state index in [1.54, 1.807) is 0 Å². The van der Waals surface area contributed by atoms with Crippen LogP contribution < -0.4 is 15.4 Å². The molecule has 0 aromatic heterocycles. The van der Waals surface area contributed by atoms with E-state index in [1.165, 1.54) is 11.3 Å². The number of hydrogen-bond donors (Lipinski definition) is 1. The molecule has 0 radical (unpaired) electrons. The molecule has 1 unspecified atom stereocenters. The molecule has 1 aromatic carbocycles. The molecule has 0 saturated carbocycles. The second kappa shape index (κ2) is 6.91. The summed E-state index contributed by atoms with van der Waals surface area (Å²) < 4.78 is 6.23. The number of ether oxygens (including phenoxy) is 1. The van der Waals surface area contributed by atoms with Crippen LogP contribution in [0.1, 0.15) is 53.0 Å². The Labute approximate surface area is 135 Å². The minimum Gasteiger partial charge on any atom is -0.486 e. The lowest BCUT2D eigenvalue weighted by atomic mass is 9.86. The first-order valence-corrected chi connectivity index (χ1v) is 8.59. The van der Waals surface area contributed by atoms with E-state index < -0.39 is 0 Å². The second-order valence-electron chi connectivity index (χ2n) is 7.77. The van der Waals surface area contributed by atoms with Crippen molar-refractivity contribution in [1.29, 1.82) is 0 Å². The van der Waals surface area contributed by atoms with Gasteiger partial charge in [0.2, 0.25) is 0 Å². The predicted octanol–water partition coefficient (Wildman–Crippen LogP) is 3.95. The van der Waals surface area contributed by atoms with Gasteiger partial charge in [-0.25, -0.2) is 0 Å². The van der Waals surface area contributed by atoms with Crippen molar-refractivity contribution in [3.05, 3.63) is 23.8 Å². The van der Waals surface area contributed by atoms with Gasteiger partial charge in [0.15, 0.2) is 0 Å². The normalized spacial score (nSPS) is 18.3. The van der Waals surface area contributed by atoms with E-state index in [4.69, 9.17) is 10.5 Å². The lowest BCUT2D eigenvalue weighted by Crippen LogP contribution is -2.43. The van der Waals surface area contributed by atoms with Crippen molar-refractivity contribution in [2.75, 3.05) is 24.5 Å². The lowest BCUT2D eigenvalue weighted by Gasteiger charge is -2.39. The molecule has 1 aliphatic rings. The molecule has 0 bridgehead atoms. The third-order valence-corrected chi connectivity index (χ3v) is 4.47. The minimum absolute atomic E-state index is 0.160.